The van der Waals surface area contributed by atoms with Crippen molar-refractivity contribution in [1.29, 1.82) is 0 Å². The molecule has 0 fully saturated rings. The lowest BCUT2D eigenvalue weighted by atomic mass is 9.54. The number of hydrogen-bond acceptors (Lipinski definition) is 2. The van der Waals surface area contributed by atoms with Crippen molar-refractivity contribution in [3.8, 4) is 33.8 Å². The van der Waals surface area contributed by atoms with E-state index in [4.69, 9.17) is 0 Å². The van der Waals surface area contributed by atoms with Crippen LogP contribution in [0, 0.1) is 11.3 Å². The smallest absolute Gasteiger partial charge is 0.123 e. The largest absolute Gasteiger partial charge is 0.507 e. The first-order valence-corrected chi connectivity index (χ1v) is 13.5. The Kier molecular flexibility index (Phi) is 6.99. The monoisotopic (exact) mass is 500 g/mol. The number of hydrogen-bond donors (Lipinski definition) is 2. The summed E-state index contributed by atoms with van der Waals surface area (Å²) in [6.07, 6.45) is 10.9. The van der Waals surface area contributed by atoms with Gasteiger partial charge in [-0.2, -0.15) is 0 Å². The van der Waals surface area contributed by atoms with Gasteiger partial charge in [-0.25, -0.2) is 0 Å². The maximum absolute atomic E-state index is 10.9. The van der Waals surface area contributed by atoms with Gasteiger partial charge in [-0.05, 0) is 64.3 Å². The molecule has 2 N–H and O–H groups in total. The zero-order chi connectivity index (χ0) is 26.8. The van der Waals surface area contributed by atoms with E-state index >= 15 is 0 Å². The van der Waals surface area contributed by atoms with Crippen molar-refractivity contribution in [2.24, 2.45) is 11.3 Å². The normalized spacial score (nSPS) is 16.4. The molecule has 5 rings (SSSR count). The summed E-state index contributed by atoms with van der Waals surface area (Å²) in [5.74, 6) is 0.708. The number of allylic oxidation sites excluding steroid dienone is 4. The Morgan fingerprint density at radius 2 is 1.18 bits per heavy atom. The van der Waals surface area contributed by atoms with E-state index in [1.807, 2.05) is 72.8 Å². The molecule has 0 amide bonds. The lowest BCUT2D eigenvalue weighted by Crippen LogP contribution is -2.43. The van der Waals surface area contributed by atoms with Crippen LogP contribution in [0.5, 0.6) is 11.5 Å². The first-order valence-electron chi connectivity index (χ1n) is 13.5. The fraction of sp³-hybridized carbons (Fsp3) is 0.222. The van der Waals surface area contributed by atoms with Crippen molar-refractivity contribution in [3.63, 3.8) is 0 Å². The molecule has 4 aromatic carbocycles. The van der Waals surface area contributed by atoms with E-state index in [9.17, 15) is 10.2 Å². The maximum atomic E-state index is 10.9. The number of benzene rings is 4. The van der Waals surface area contributed by atoms with Crippen LogP contribution in [0.15, 0.2) is 121 Å². The molecular weight excluding hydrogens is 464 g/mol. The Balaban J connectivity index is 1.81. The lowest BCUT2D eigenvalue weighted by molar-refractivity contribution is 0.214. The molecule has 0 bridgehead atoms. The Morgan fingerprint density at radius 3 is 1.63 bits per heavy atom. The Bertz CT molecular complexity index is 1370. The molecule has 2 heteroatoms. The molecule has 1 aliphatic carbocycles. The molecule has 0 saturated heterocycles. The second kappa shape index (κ2) is 10.4. The van der Waals surface area contributed by atoms with Gasteiger partial charge >= 0.3 is 0 Å². The molecule has 0 saturated carbocycles. The van der Waals surface area contributed by atoms with Gasteiger partial charge in [0.1, 0.15) is 11.5 Å². The van der Waals surface area contributed by atoms with Crippen LogP contribution < -0.4 is 0 Å². The van der Waals surface area contributed by atoms with E-state index < -0.39 is 5.41 Å². The third-order valence-electron chi connectivity index (χ3n) is 8.11. The molecular formula is C36H36O2. The predicted octanol–water partition coefficient (Wildman–Crippen LogP) is 9.29. The third kappa shape index (κ3) is 4.56. The summed E-state index contributed by atoms with van der Waals surface area (Å²) in [6.45, 7) is 6.85. The molecule has 0 aliphatic heterocycles. The topological polar surface area (TPSA) is 40.5 Å². The third-order valence-corrected chi connectivity index (χ3v) is 8.11. The Morgan fingerprint density at radius 1 is 0.684 bits per heavy atom. The Labute approximate surface area is 226 Å². The SMILES string of the molecule is CCCC(c1ccc(O)c(-c2ccccc2)c1)(c1ccc(O)c(-c2ccccc2)c1)C1C=CC=CC1(C)C. The molecule has 2 nitrogen and oxygen atoms in total. The van der Waals surface area contributed by atoms with Gasteiger partial charge in [0.25, 0.3) is 0 Å². The van der Waals surface area contributed by atoms with Crippen LogP contribution in [0.3, 0.4) is 0 Å². The zero-order valence-corrected chi connectivity index (χ0v) is 22.4. The molecule has 0 heterocycles. The van der Waals surface area contributed by atoms with Crippen LogP contribution in [0.2, 0.25) is 0 Å². The maximum Gasteiger partial charge on any atom is 0.123 e. The minimum absolute atomic E-state index is 0.112. The fourth-order valence-corrected chi connectivity index (χ4v) is 6.32. The van der Waals surface area contributed by atoms with Crippen LogP contribution in [0.25, 0.3) is 22.3 Å². The molecule has 38 heavy (non-hydrogen) atoms. The van der Waals surface area contributed by atoms with Gasteiger partial charge in [-0.3, -0.25) is 0 Å². The quantitative estimate of drug-likeness (QED) is 0.265. The number of phenolic OH excluding ortho intramolecular Hbond substituents is 2. The average Bonchev–Trinajstić information content (AvgIpc) is 2.93. The van der Waals surface area contributed by atoms with E-state index in [2.05, 4.69) is 69.3 Å². The average molecular weight is 501 g/mol. The number of phenols is 2. The van der Waals surface area contributed by atoms with Crippen molar-refractivity contribution in [2.75, 3.05) is 0 Å². The second-order valence-electron chi connectivity index (χ2n) is 11.0. The van der Waals surface area contributed by atoms with Gasteiger partial charge in [-0.15, -0.1) is 0 Å². The van der Waals surface area contributed by atoms with Crippen molar-refractivity contribution in [3.05, 3.63) is 132 Å². The van der Waals surface area contributed by atoms with Gasteiger partial charge in [0, 0.05) is 16.5 Å². The van der Waals surface area contributed by atoms with Gasteiger partial charge in [-0.1, -0.05) is 124 Å². The van der Waals surface area contributed by atoms with E-state index in [1.54, 1.807) is 0 Å². The first kappa shape index (κ1) is 25.6. The molecule has 1 atom stereocenters. The highest BCUT2D eigenvalue weighted by Gasteiger charge is 2.47. The minimum atomic E-state index is -0.395. The zero-order valence-electron chi connectivity index (χ0n) is 22.4. The first-order chi connectivity index (χ1) is 18.4. The fourth-order valence-electron chi connectivity index (χ4n) is 6.32. The van der Waals surface area contributed by atoms with Crippen LogP contribution >= 0.6 is 0 Å². The van der Waals surface area contributed by atoms with Gasteiger partial charge in [0.05, 0.1) is 0 Å². The van der Waals surface area contributed by atoms with E-state index in [1.165, 1.54) is 11.1 Å². The summed E-state index contributed by atoms with van der Waals surface area (Å²) in [5, 5.41) is 21.9. The second-order valence-corrected chi connectivity index (χ2v) is 11.0. The summed E-state index contributed by atoms with van der Waals surface area (Å²) in [7, 11) is 0. The van der Waals surface area contributed by atoms with Crippen LogP contribution in [-0.2, 0) is 5.41 Å². The number of rotatable bonds is 7. The summed E-state index contributed by atoms with van der Waals surface area (Å²) in [4.78, 5) is 0. The summed E-state index contributed by atoms with van der Waals surface area (Å²) in [5.41, 5.74) is 5.47. The van der Waals surface area contributed by atoms with Crippen LogP contribution in [-0.4, -0.2) is 10.2 Å². The minimum Gasteiger partial charge on any atom is -0.507 e. The molecule has 192 valence electrons. The van der Waals surface area contributed by atoms with Crippen molar-refractivity contribution >= 4 is 0 Å². The highest BCUT2D eigenvalue weighted by Crippen LogP contribution is 2.54. The van der Waals surface area contributed by atoms with Gasteiger partial charge < -0.3 is 10.2 Å². The summed E-state index contributed by atoms with van der Waals surface area (Å²) >= 11 is 0. The molecule has 1 unspecified atom stereocenters. The van der Waals surface area contributed by atoms with Crippen LogP contribution in [0.1, 0.15) is 44.7 Å². The van der Waals surface area contributed by atoms with Gasteiger partial charge in [0.2, 0.25) is 0 Å². The van der Waals surface area contributed by atoms with Crippen molar-refractivity contribution in [2.45, 2.75) is 39.0 Å². The standard InChI is InChI=1S/C36H36O2/c1-4-22-36(34-17-11-12-23-35(34,2)3,28-18-20-32(37)30(24-28)26-13-7-5-8-14-26)29-19-21-33(38)31(25-29)27-15-9-6-10-16-27/h5-21,23-25,34,37-38H,4,22H2,1-3H3. The molecule has 0 radical (unpaired) electrons. The van der Waals surface area contributed by atoms with E-state index in [0.29, 0.717) is 0 Å². The number of aromatic hydroxyl groups is 2. The van der Waals surface area contributed by atoms with Crippen LogP contribution in [0.4, 0.5) is 0 Å². The highest BCUT2D eigenvalue weighted by atomic mass is 16.3. The van der Waals surface area contributed by atoms with Crippen molar-refractivity contribution < 1.29 is 10.2 Å². The molecule has 0 spiro atoms. The molecule has 0 aromatic heterocycles. The van der Waals surface area contributed by atoms with Crippen molar-refractivity contribution in [1.82, 2.24) is 0 Å². The highest BCUT2D eigenvalue weighted by molar-refractivity contribution is 5.74. The lowest BCUT2D eigenvalue weighted by Gasteiger charge is -2.48. The molecule has 1 aliphatic rings. The van der Waals surface area contributed by atoms with Gasteiger partial charge in [0.15, 0.2) is 0 Å². The summed E-state index contributed by atoms with van der Waals surface area (Å²) in [6, 6.07) is 32.4. The predicted molar refractivity (Wildman–Crippen MR) is 158 cm³/mol. The van der Waals surface area contributed by atoms with E-state index in [-0.39, 0.29) is 22.8 Å². The molecule has 4 aromatic rings. The summed E-state index contributed by atoms with van der Waals surface area (Å²) < 4.78 is 0. The van der Waals surface area contributed by atoms with E-state index in [0.717, 1.165) is 35.1 Å². The Hall–Kier alpha value is -4.04.